The number of rotatable bonds is 3. The molecule has 1 aliphatic heterocycles. The zero-order valence-corrected chi connectivity index (χ0v) is 26.4. The first kappa shape index (κ1) is 26.6. The second-order valence-corrected chi connectivity index (χ2v) is 13.4. The van der Waals surface area contributed by atoms with Crippen molar-refractivity contribution in [3.63, 3.8) is 0 Å². The molecule has 1 aliphatic rings. The molecule has 0 saturated carbocycles. The number of fused-ring (bicyclic) bond motifs is 8. The fourth-order valence-corrected chi connectivity index (χ4v) is 8.98. The summed E-state index contributed by atoms with van der Waals surface area (Å²) in [5.74, 6) is 0. The molecule has 0 unspecified atom stereocenters. The number of aryl methyl sites for hydroxylation is 1. The zero-order chi connectivity index (χ0) is 30.9. The third-order valence-corrected chi connectivity index (χ3v) is 11.0. The minimum Gasteiger partial charge on any atom is -0.259 e. The normalized spacial score (nSPS) is 12.9. The molecule has 10 rings (SSSR count). The van der Waals surface area contributed by atoms with Crippen LogP contribution in [0.15, 0.2) is 145 Å². The summed E-state index contributed by atoms with van der Waals surface area (Å²) in [5.41, 5.74) is 10.6. The number of aliphatic imine (C=N–C) groups is 1. The largest absolute Gasteiger partial charge is 0.259 e. The van der Waals surface area contributed by atoms with Crippen molar-refractivity contribution in [2.75, 3.05) is 0 Å². The van der Waals surface area contributed by atoms with Gasteiger partial charge in [-0.3, -0.25) is 4.99 Å². The van der Waals surface area contributed by atoms with Crippen LogP contribution in [0.1, 0.15) is 12.0 Å². The molecule has 0 bridgehead atoms. The summed E-state index contributed by atoms with van der Waals surface area (Å²) in [4.78, 5) is 10.1. The molecule has 0 fully saturated rings. The number of pyridine rings is 1. The van der Waals surface area contributed by atoms with Gasteiger partial charge < -0.3 is 0 Å². The molecule has 47 heavy (non-hydrogen) atoms. The molecule has 0 amide bonds. The fraction of sp³-hybridized carbons (Fsp3) is 0.0455. The maximum Gasteiger partial charge on any atom is 0.0968 e. The van der Waals surface area contributed by atoms with Crippen LogP contribution in [0.25, 0.3) is 86.1 Å². The van der Waals surface area contributed by atoms with E-state index in [2.05, 4.69) is 140 Å². The van der Waals surface area contributed by atoms with Gasteiger partial charge in [-0.25, -0.2) is 4.98 Å². The van der Waals surface area contributed by atoms with Crippen LogP contribution >= 0.6 is 11.3 Å². The summed E-state index contributed by atoms with van der Waals surface area (Å²) in [6.07, 6.45) is 4.04. The van der Waals surface area contributed by atoms with Crippen LogP contribution in [0.2, 0.25) is 0 Å². The third-order valence-electron chi connectivity index (χ3n) is 9.75. The second kappa shape index (κ2) is 10.4. The highest BCUT2D eigenvalue weighted by Gasteiger charge is 2.20. The van der Waals surface area contributed by atoms with Crippen molar-refractivity contribution in [1.29, 1.82) is 0 Å². The smallest absolute Gasteiger partial charge is 0.0968 e. The lowest BCUT2D eigenvalue weighted by Crippen LogP contribution is -1.96. The number of nitrogens with zero attached hydrogens (tertiary/aromatic N) is 2. The van der Waals surface area contributed by atoms with Gasteiger partial charge in [0.25, 0.3) is 0 Å². The third kappa shape index (κ3) is 4.03. The standard InChI is InChI=1S/C44H28N2S/c1-2-11-27(12-3-1)39-30-14-4-6-16-32(30)40(33-17-7-5-15-31(33)39)37-21-9-19-35-34-18-8-20-36(43(34)47-44(35)37)38-25-24-29-23-22-28-13-10-26-45-41(28)42(29)46-38/h1-9,11-12,14-26H,10,13H2. The van der Waals surface area contributed by atoms with Crippen LogP contribution < -0.4 is 0 Å². The Kier molecular flexibility index (Phi) is 5.91. The van der Waals surface area contributed by atoms with E-state index in [9.17, 15) is 0 Å². The van der Waals surface area contributed by atoms with Crippen molar-refractivity contribution in [1.82, 2.24) is 4.98 Å². The zero-order valence-electron chi connectivity index (χ0n) is 25.6. The Labute approximate surface area is 276 Å². The fourth-order valence-electron chi connectivity index (χ4n) is 7.64. The van der Waals surface area contributed by atoms with Crippen molar-refractivity contribution < 1.29 is 0 Å². The molecule has 0 N–H and O–H groups in total. The summed E-state index contributed by atoms with van der Waals surface area (Å²) < 4.78 is 2.57. The molecule has 3 heterocycles. The molecule has 0 atom stereocenters. The van der Waals surface area contributed by atoms with Crippen LogP contribution in [0.4, 0.5) is 5.69 Å². The molecule has 0 spiro atoms. The minimum atomic E-state index is 0.987. The van der Waals surface area contributed by atoms with E-state index in [1.165, 1.54) is 75.1 Å². The summed E-state index contributed by atoms with van der Waals surface area (Å²) in [7, 11) is 0. The Balaban J connectivity index is 1.25. The summed E-state index contributed by atoms with van der Waals surface area (Å²) in [6.45, 7) is 0. The molecule has 220 valence electrons. The Hall–Kier alpha value is -5.64. The van der Waals surface area contributed by atoms with Crippen LogP contribution in [0.3, 0.4) is 0 Å². The van der Waals surface area contributed by atoms with E-state index >= 15 is 0 Å². The molecule has 2 aromatic heterocycles. The van der Waals surface area contributed by atoms with Crippen LogP contribution in [-0.4, -0.2) is 11.2 Å². The molecule has 0 aliphatic carbocycles. The van der Waals surface area contributed by atoms with Gasteiger partial charge in [0, 0.05) is 42.9 Å². The van der Waals surface area contributed by atoms with Crippen LogP contribution in [0, 0.1) is 0 Å². The van der Waals surface area contributed by atoms with Crippen molar-refractivity contribution >= 4 is 75.9 Å². The maximum absolute atomic E-state index is 5.27. The highest BCUT2D eigenvalue weighted by Crippen LogP contribution is 2.49. The number of benzene rings is 7. The lowest BCUT2D eigenvalue weighted by atomic mass is 9.86. The molecule has 0 saturated heterocycles. The first-order chi connectivity index (χ1) is 23.3. The van der Waals surface area contributed by atoms with E-state index in [1.807, 2.05) is 17.6 Å². The summed E-state index contributed by atoms with van der Waals surface area (Å²) >= 11 is 1.89. The molecule has 0 radical (unpaired) electrons. The minimum absolute atomic E-state index is 0.987. The topological polar surface area (TPSA) is 25.2 Å². The van der Waals surface area contributed by atoms with Gasteiger partial charge >= 0.3 is 0 Å². The van der Waals surface area contributed by atoms with Gasteiger partial charge in [-0.2, -0.15) is 0 Å². The van der Waals surface area contributed by atoms with E-state index in [1.54, 1.807) is 0 Å². The number of hydrogen-bond acceptors (Lipinski definition) is 3. The monoisotopic (exact) mass is 616 g/mol. The molecule has 3 heteroatoms. The van der Waals surface area contributed by atoms with Gasteiger partial charge in [-0.05, 0) is 62.7 Å². The van der Waals surface area contributed by atoms with E-state index in [0.717, 1.165) is 35.1 Å². The van der Waals surface area contributed by atoms with Crippen LogP contribution in [0.5, 0.6) is 0 Å². The Morgan fingerprint density at radius 1 is 0.489 bits per heavy atom. The number of thiophene rings is 1. The molecule has 9 aromatic rings. The highest BCUT2D eigenvalue weighted by molar-refractivity contribution is 7.26. The average molecular weight is 617 g/mol. The van der Waals surface area contributed by atoms with Crippen molar-refractivity contribution in [3.8, 4) is 33.5 Å². The van der Waals surface area contributed by atoms with Gasteiger partial charge in [0.05, 0.1) is 16.9 Å². The summed E-state index contributed by atoms with van der Waals surface area (Å²) in [5, 5.41) is 8.79. The van der Waals surface area contributed by atoms with E-state index < -0.39 is 0 Å². The van der Waals surface area contributed by atoms with Gasteiger partial charge in [-0.1, -0.05) is 133 Å². The van der Waals surface area contributed by atoms with E-state index in [4.69, 9.17) is 9.98 Å². The Morgan fingerprint density at radius 2 is 1.09 bits per heavy atom. The Bertz CT molecular complexity index is 2680. The van der Waals surface area contributed by atoms with Gasteiger partial charge in [-0.15, -0.1) is 11.3 Å². The van der Waals surface area contributed by atoms with E-state index in [-0.39, 0.29) is 0 Å². The lowest BCUT2D eigenvalue weighted by Gasteiger charge is -2.18. The first-order valence-electron chi connectivity index (χ1n) is 16.2. The SMILES string of the molecule is C1=Nc2c(ccc3ccc(-c4cccc5c4sc4c(-c6c7ccccc7c(-c7ccccc7)c7ccccc67)cccc45)nc23)CC1. The van der Waals surface area contributed by atoms with Crippen molar-refractivity contribution in [2.24, 2.45) is 4.99 Å². The van der Waals surface area contributed by atoms with Gasteiger partial charge in [0.2, 0.25) is 0 Å². The van der Waals surface area contributed by atoms with E-state index in [0.29, 0.717) is 0 Å². The Morgan fingerprint density at radius 3 is 1.81 bits per heavy atom. The molecular formula is C44H28N2S. The number of aromatic nitrogens is 1. The predicted octanol–water partition coefficient (Wildman–Crippen LogP) is 12.6. The maximum atomic E-state index is 5.27. The first-order valence-corrected chi connectivity index (χ1v) is 17.0. The average Bonchev–Trinajstić information content (AvgIpc) is 3.53. The molecular weight excluding hydrogens is 589 g/mol. The second-order valence-electron chi connectivity index (χ2n) is 12.4. The van der Waals surface area contributed by atoms with Gasteiger partial charge in [0.15, 0.2) is 0 Å². The van der Waals surface area contributed by atoms with Crippen molar-refractivity contribution in [2.45, 2.75) is 12.8 Å². The van der Waals surface area contributed by atoms with Gasteiger partial charge in [0.1, 0.15) is 0 Å². The van der Waals surface area contributed by atoms with Crippen molar-refractivity contribution in [3.05, 3.63) is 145 Å². The quantitative estimate of drug-likeness (QED) is 0.181. The highest BCUT2D eigenvalue weighted by atomic mass is 32.1. The molecule has 2 nitrogen and oxygen atoms in total. The lowest BCUT2D eigenvalue weighted by molar-refractivity contribution is 1.03. The van der Waals surface area contributed by atoms with Crippen LogP contribution in [-0.2, 0) is 6.42 Å². The predicted molar refractivity (Wildman–Crippen MR) is 202 cm³/mol. The summed E-state index contributed by atoms with van der Waals surface area (Å²) in [6, 6.07) is 50.9. The molecule has 7 aromatic carbocycles. The number of hydrogen-bond donors (Lipinski definition) is 0.